The van der Waals surface area contributed by atoms with Gasteiger partial charge in [-0.15, -0.1) is 5.10 Å². The zero-order chi connectivity index (χ0) is 20.2. The molecule has 6 nitrogen and oxygen atoms in total. The highest BCUT2D eigenvalue weighted by Gasteiger charge is 2.26. The Hall–Kier alpha value is -2.77. The summed E-state index contributed by atoms with van der Waals surface area (Å²) in [7, 11) is 1.62. The maximum Gasteiger partial charge on any atom is 0.288 e. The van der Waals surface area contributed by atoms with Crippen molar-refractivity contribution in [2.45, 2.75) is 19.5 Å². The van der Waals surface area contributed by atoms with Crippen LogP contribution in [-0.2, 0) is 6.67 Å². The van der Waals surface area contributed by atoms with E-state index in [0.717, 1.165) is 37.1 Å². The smallest absolute Gasteiger partial charge is 0.288 e. The van der Waals surface area contributed by atoms with Crippen molar-refractivity contribution in [3.8, 4) is 17.2 Å². The highest BCUT2D eigenvalue weighted by atomic mass is 32.1. The Bertz CT molecular complexity index is 1040. The maximum absolute atomic E-state index is 12.7. The number of ether oxygens (including phenoxy) is 1. The number of benzene rings is 2. The van der Waals surface area contributed by atoms with Crippen molar-refractivity contribution >= 4 is 18.0 Å². The molecule has 1 fully saturated rings. The molecule has 0 unspecified atom stereocenters. The van der Waals surface area contributed by atoms with Crippen LogP contribution in [0.25, 0.3) is 11.5 Å². The van der Waals surface area contributed by atoms with Crippen LogP contribution in [0.15, 0.2) is 59.0 Å². The first kappa shape index (κ1) is 19.5. The number of carbonyl (C=O) groups excluding carboxylic acids is 1. The van der Waals surface area contributed by atoms with Gasteiger partial charge < -0.3 is 9.15 Å². The Morgan fingerprint density at radius 3 is 2.55 bits per heavy atom. The molecule has 1 aliphatic heterocycles. The van der Waals surface area contributed by atoms with Crippen molar-refractivity contribution in [3.05, 3.63) is 65.0 Å². The molecule has 1 saturated heterocycles. The van der Waals surface area contributed by atoms with Crippen molar-refractivity contribution in [1.29, 1.82) is 0 Å². The van der Waals surface area contributed by atoms with Crippen molar-refractivity contribution in [3.63, 3.8) is 0 Å². The number of piperidine rings is 1. The first-order valence-electron chi connectivity index (χ1n) is 9.68. The van der Waals surface area contributed by atoms with Crippen molar-refractivity contribution in [2.24, 2.45) is 5.92 Å². The van der Waals surface area contributed by atoms with Gasteiger partial charge in [-0.2, -0.15) is 0 Å². The molecule has 29 heavy (non-hydrogen) atoms. The summed E-state index contributed by atoms with van der Waals surface area (Å²) >= 11 is 5.36. The summed E-state index contributed by atoms with van der Waals surface area (Å²) in [5.41, 5.74) is 1.57. The van der Waals surface area contributed by atoms with Gasteiger partial charge >= 0.3 is 0 Å². The number of hydrogen-bond donors (Lipinski definition) is 0. The number of hydrogen-bond acceptors (Lipinski definition) is 6. The summed E-state index contributed by atoms with van der Waals surface area (Å²) in [4.78, 5) is 15.2. The molecule has 2 heterocycles. The molecule has 0 atom stereocenters. The predicted octanol–water partition coefficient (Wildman–Crippen LogP) is 4.43. The van der Waals surface area contributed by atoms with Gasteiger partial charge in [-0.25, -0.2) is 4.68 Å². The number of aromatic nitrogens is 2. The van der Waals surface area contributed by atoms with Crippen LogP contribution in [0.5, 0.6) is 5.75 Å². The largest absolute Gasteiger partial charge is 0.496 e. The Labute approximate surface area is 174 Å². The summed E-state index contributed by atoms with van der Waals surface area (Å²) in [6, 6.07) is 17.1. The second kappa shape index (κ2) is 8.71. The van der Waals surface area contributed by atoms with E-state index >= 15 is 0 Å². The van der Waals surface area contributed by atoms with Crippen molar-refractivity contribution in [2.75, 3.05) is 20.2 Å². The lowest BCUT2D eigenvalue weighted by Gasteiger charge is -2.30. The molecule has 4 rings (SSSR count). The average Bonchev–Trinajstić information content (AvgIpc) is 3.14. The molecule has 0 bridgehead atoms. The molecule has 150 valence electrons. The normalized spacial score (nSPS) is 15.3. The molecule has 2 aromatic carbocycles. The van der Waals surface area contributed by atoms with Crippen LogP contribution >= 0.6 is 12.2 Å². The number of ketones is 1. The number of likely N-dealkylation sites (tertiary alicyclic amines) is 1. The minimum atomic E-state index is 0.0723. The van der Waals surface area contributed by atoms with E-state index in [-0.39, 0.29) is 11.7 Å². The van der Waals surface area contributed by atoms with Crippen LogP contribution in [0.3, 0.4) is 0 Å². The second-order valence-corrected chi connectivity index (χ2v) is 7.49. The fraction of sp³-hybridized carbons (Fsp3) is 0.318. The van der Waals surface area contributed by atoms with Crippen LogP contribution in [0.2, 0.25) is 0 Å². The van der Waals surface area contributed by atoms with Crippen LogP contribution in [-0.4, -0.2) is 40.7 Å². The highest BCUT2D eigenvalue weighted by Crippen LogP contribution is 2.28. The topological polar surface area (TPSA) is 60.5 Å². The van der Waals surface area contributed by atoms with Crippen LogP contribution in [0.1, 0.15) is 23.2 Å². The van der Waals surface area contributed by atoms with Gasteiger partial charge in [-0.3, -0.25) is 9.69 Å². The number of nitrogens with zero attached hydrogens (tertiary/aromatic N) is 3. The van der Waals surface area contributed by atoms with E-state index in [9.17, 15) is 4.79 Å². The van der Waals surface area contributed by atoms with E-state index in [0.29, 0.717) is 23.1 Å². The lowest BCUT2D eigenvalue weighted by Crippen LogP contribution is -2.37. The Kier molecular flexibility index (Phi) is 5.87. The van der Waals surface area contributed by atoms with Gasteiger partial charge in [0.05, 0.1) is 19.3 Å². The molecule has 7 heteroatoms. The Morgan fingerprint density at radius 1 is 1.14 bits per heavy atom. The van der Waals surface area contributed by atoms with E-state index in [1.54, 1.807) is 11.8 Å². The summed E-state index contributed by atoms with van der Waals surface area (Å²) < 4.78 is 12.8. The maximum atomic E-state index is 12.7. The third-order valence-electron chi connectivity index (χ3n) is 5.29. The number of Topliss-reactive ketones (excluding diaryl/α,β-unsaturated/α-hetero) is 1. The summed E-state index contributed by atoms with van der Waals surface area (Å²) in [6.07, 6.45) is 1.66. The van der Waals surface area contributed by atoms with Gasteiger partial charge in [0.15, 0.2) is 5.78 Å². The molecule has 1 aliphatic rings. The van der Waals surface area contributed by atoms with Gasteiger partial charge in [0.1, 0.15) is 5.75 Å². The van der Waals surface area contributed by atoms with Gasteiger partial charge in [-0.05, 0) is 37.2 Å². The number of para-hydroxylation sites is 1. The van der Waals surface area contributed by atoms with E-state index < -0.39 is 0 Å². The monoisotopic (exact) mass is 409 g/mol. The lowest BCUT2D eigenvalue weighted by molar-refractivity contribution is 0.0802. The Balaban J connectivity index is 1.41. The van der Waals surface area contributed by atoms with Gasteiger partial charge in [0.25, 0.3) is 10.7 Å². The van der Waals surface area contributed by atoms with Crippen LogP contribution < -0.4 is 4.74 Å². The predicted molar refractivity (Wildman–Crippen MR) is 112 cm³/mol. The van der Waals surface area contributed by atoms with E-state index in [2.05, 4.69) is 10.00 Å². The van der Waals surface area contributed by atoms with Gasteiger partial charge in [0, 0.05) is 24.6 Å². The third kappa shape index (κ3) is 4.31. The van der Waals surface area contributed by atoms with Gasteiger partial charge in [0.2, 0.25) is 0 Å². The highest BCUT2D eigenvalue weighted by molar-refractivity contribution is 7.71. The van der Waals surface area contributed by atoms with E-state index in [4.69, 9.17) is 21.4 Å². The van der Waals surface area contributed by atoms with Crippen molar-refractivity contribution in [1.82, 2.24) is 14.7 Å². The summed E-state index contributed by atoms with van der Waals surface area (Å²) in [5, 5.41) is 4.54. The molecule has 3 aromatic rings. The fourth-order valence-corrected chi connectivity index (χ4v) is 3.87. The van der Waals surface area contributed by atoms with E-state index in [1.807, 2.05) is 54.6 Å². The lowest BCUT2D eigenvalue weighted by atomic mass is 9.89. The minimum Gasteiger partial charge on any atom is -0.496 e. The van der Waals surface area contributed by atoms with E-state index in [1.165, 1.54) is 0 Å². The molecular formula is C22H23N3O3S. The van der Waals surface area contributed by atoms with Crippen LogP contribution in [0, 0.1) is 10.8 Å². The molecule has 1 aromatic heterocycles. The fourth-order valence-electron chi connectivity index (χ4n) is 3.69. The second-order valence-electron chi connectivity index (χ2n) is 7.14. The zero-order valence-electron chi connectivity index (χ0n) is 16.3. The molecule has 0 radical (unpaired) electrons. The zero-order valence-corrected chi connectivity index (χ0v) is 17.1. The number of methoxy groups -OCH3 is 1. The Morgan fingerprint density at radius 2 is 1.83 bits per heavy atom. The minimum absolute atomic E-state index is 0.0723. The summed E-state index contributed by atoms with van der Waals surface area (Å²) in [6.45, 7) is 2.19. The first-order valence-corrected chi connectivity index (χ1v) is 10.1. The number of rotatable bonds is 6. The average molecular weight is 410 g/mol. The van der Waals surface area contributed by atoms with Crippen LogP contribution in [0.4, 0.5) is 0 Å². The quantitative estimate of drug-likeness (QED) is 0.443. The first-order chi connectivity index (χ1) is 14.2. The number of carbonyl (C=O) groups is 1. The third-order valence-corrected chi connectivity index (χ3v) is 5.59. The molecule has 0 amide bonds. The standard InChI is InChI=1S/C22H23N3O3S/c1-27-19-10-6-5-9-18(19)21-23-25(22(29)28-21)15-24-13-11-17(12-14-24)20(26)16-7-3-2-4-8-16/h2-10,17H,11-15H2,1H3. The molecule has 0 spiro atoms. The molecular weight excluding hydrogens is 386 g/mol. The molecule has 0 aliphatic carbocycles. The SMILES string of the molecule is COc1ccccc1-c1nn(CN2CCC(C(=O)c3ccccc3)CC2)c(=S)o1. The molecule has 0 saturated carbocycles. The molecule has 0 N–H and O–H groups in total. The summed E-state index contributed by atoms with van der Waals surface area (Å²) in [5.74, 6) is 1.45. The van der Waals surface area contributed by atoms with Crippen molar-refractivity contribution < 1.29 is 13.9 Å². The van der Waals surface area contributed by atoms with Gasteiger partial charge in [-0.1, -0.05) is 42.5 Å².